The van der Waals surface area contributed by atoms with Crippen LogP contribution in [0.25, 0.3) is 0 Å². The van der Waals surface area contributed by atoms with Crippen molar-refractivity contribution in [1.29, 1.82) is 0 Å². The van der Waals surface area contributed by atoms with Crippen molar-refractivity contribution in [1.82, 2.24) is 5.32 Å². The van der Waals surface area contributed by atoms with Gasteiger partial charge in [-0.2, -0.15) is 0 Å². The number of hydrogen-bond donors (Lipinski definition) is 1. The van der Waals surface area contributed by atoms with Gasteiger partial charge >= 0.3 is 11.9 Å². The summed E-state index contributed by atoms with van der Waals surface area (Å²) < 4.78 is 9.88. The average molecular weight is 259 g/mol. The predicted octanol–water partition coefficient (Wildman–Crippen LogP) is 1.51. The highest BCUT2D eigenvalue weighted by atomic mass is 16.6. The van der Waals surface area contributed by atoms with E-state index in [1.54, 1.807) is 20.8 Å². The van der Waals surface area contributed by atoms with Gasteiger partial charge in [0, 0.05) is 0 Å². The third-order valence-corrected chi connectivity index (χ3v) is 2.55. The molecule has 1 N–H and O–H groups in total. The van der Waals surface area contributed by atoms with E-state index in [2.05, 4.69) is 5.32 Å². The summed E-state index contributed by atoms with van der Waals surface area (Å²) in [4.78, 5) is 23.1. The third kappa shape index (κ3) is 6.59. The highest BCUT2D eigenvalue weighted by molar-refractivity contribution is 5.78. The Bertz CT molecular complexity index is 283. The molecule has 0 aliphatic rings. The van der Waals surface area contributed by atoms with Crippen LogP contribution in [0.3, 0.4) is 0 Å². The van der Waals surface area contributed by atoms with Crippen molar-refractivity contribution < 1.29 is 19.1 Å². The molecule has 2 unspecified atom stereocenters. The van der Waals surface area contributed by atoms with Crippen LogP contribution in [-0.2, 0) is 19.1 Å². The quantitative estimate of drug-likeness (QED) is 0.732. The van der Waals surface area contributed by atoms with Crippen molar-refractivity contribution in [3.05, 3.63) is 0 Å². The van der Waals surface area contributed by atoms with Gasteiger partial charge in [0.15, 0.2) is 0 Å². The molecule has 0 spiro atoms. The first kappa shape index (κ1) is 16.9. The van der Waals surface area contributed by atoms with E-state index in [9.17, 15) is 9.59 Å². The van der Waals surface area contributed by atoms with Crippen LogP contribution in [0.5, 0.6) is 0 Å². The lowest BCUT2D eigenvalue weighted by atomic mass is 9.99. The zero-order valence-corrected chi connectivity index (χ0v) is 12.2. The topological polar surface area (TPSA) is 64.6 Å². The Hall–Kier alpha value is -1.10. The van der Waals surface area contributed by atoms with Crippen molar-refractivity contribution in [2.45, 2.75) is 52.7 Å². The molecule has 0 aromatic heterocycles. The zero-order chi connectivity index (χ0) is 14.3. The fourth-order valence-corrected chi connectivity index (χ4v) is 1.45. The summed E-state index contributed by atoms with van der Waals surface area (Å²) in [5.74, 6) is -0.632. The van der Waals surface area contributed by atoms with Crippen molar-refractivity contribution in [2.24, 2.45) is 5.92 Å². The minimum absolute atomic E-state index is 0.00137. The normalized spacial score (nSPS) is 14.8. The fraction of sp³-hybridized carbons (Fsp3) is 0.846. The van der Waals surface area contributed by atoms with E-state index < -0.39 is 11.6 Å². The first-order valence-electron chi connectivity index (χ1n) is 6.24. The first-order chi connectivity index (χ1) is 8.21. The van der Waals surface area contributed by atoms with Crippen LogP contribution in [0.1, 0.15) is 41.0 Å². The maximum atomic E-state index is 11.6. The molecular weight excluding hydrogens is 234 g/mol. The molecular formula is C13H25NO4. The number of carbonyl (C=O) groups excluding carboxylic acids is 2. The molecule has 18 heavy (non-hydrogen) atoms. The second-order valence-corrected chi connectivity index (χ2v) is 5.35. The molecule has 0 radical (unpaired) electrons. The molecule has 0 heterocycles. The predicted molar refractivity (Wildman–Crippen MR) is 69.1 cm³/mol. The molecule has 0 aliphatic carbocycles. The van der Waals surface area contributed by atoms with Gasteiger partial charge in [-0.15, -0.1) is 0 Å². The van der Waals surface area contributed by atoms with Crippen LogP contribution in [0.2, 0.25) is 0 Å². The summed E-state index contributed by atoms with van der Waals surface area (Å²) in [6, 6.07) is -0.479. The van der Waals surface area contributed by atoms with E-state index in [1.807, 2.05) is 13.8 Å². The molecule has 0 saturated heterocycles. The number of nitrogens with one attached hydrogen (secondary N) is 1. The monoisotopic (exact) mass is 259 g/mol. The Morgan fingerprint density at radius 3 is 2.22 bits per heavy atom. The lowest BCUT2D eigenvalue weighted by molar-refractivity contribution is -0.154. The molecule has 0 aliphatic heterocycles. The zero-order valence-electron chi connectivity index (χ0n) is 12.2. The highest BCUT2D eigenvalue weighted by Crippen LogP contribution is 2.10. The SMILES string of the molecule is CCC(C)C(NCC(=O)OC(C)(C)C)C(=O)OC. The van der Waals surface area contributed by atoms with Gasteiger partial charge < -0.3 is 9.47 Å². The van der Waals surface area contributed by atoms with E-state index >= 15 is 0 Å². The van der Waals surface area contributed by atoms with E-state index in [-0.39, 0.29) is 24.4 Å². The molecule has 0 aromatic rings. The summed E-state index contributed by atoms with van der Waals surface area (Å²) in [6.07, 6.45) is 0.821. The van der Waals surface area contributed by atoms with Gasteiger partial charge in [-0.05, 0) is 26.7 Å². The van der Waals surface area contributed by atoms with Gasteiger partial charge in [0.25, 0.3) is 0 Å². The summed E-state index contributed by atoms with van der Waals surface area (Å²) >= 11 is 0. The van der Waals surface area contributed by atoms with Crippen LogP contribution in [0.4, 0.5) is 0 Å². The third-order valence-electron chi connectivity index (χ3n) is 2.55. The molecule has 0 fully saturated rings. The number of esters is 2. The summed E-state index contributed by atoms with van der Waals surface area (Å²) in [7, 11) is 1.34. The van der Waals surface area contributed by atoms with Gasteiger partial charge in [0.2, 0.25) is 0 Å². The number of carbonyl (C=O) groups is 2. The Balaban J connectivity index is 4.35. The van der Waals surface area contributed by atoms with Crippen LogP contribution in [0.15, 0.2) is 0 Å². The molecule has 106 valence electrons. The molecule has 0 saturated carbocycles. The van der Waals surface area contributed by atoms with Gasteiger partial charge in [0.05, 0.1) is 13.7 Å². The van der Waals surface area contributed by atoms with E-state index in [4.69, 9.17) is 9.47 Å². The first-order valence-corrected chi connectivity index (χ1v) is 6.24. The maximum Gasteiger partial charge on any atom is 0.323 e. The van der Waals surface area contributed by atoms with Crippen LogP contribution < -0.4 is 5.32 Å². The summed E-state index contributed by atoms with van der Waals surface area (Å²) in [6.45, 7) is 9.33. The molecule has 5 heteroatoms. The number of methoxy groups -OCH3 is 1. The summed E-state index contributed by atoms with van der Waals surface area (Å²) in [5, 5.41) is 2.89. The van der Waals surface area contributed by atoms with E-state index in [0.29, 0.717) is 0 Å². The lowest BCUT2D eigenvalue weighted by Gasteiger charge is -2.23. The Labute approximate surface area is 109 Å². The Morgan fingerprint density at radius 1 is 1.28 bits per heavy atom. The standard InChI is InChI=1S/C13H25NO4/c1-7-9(2)11(12(16)17-6)14-8-10(15)18-13(3,4)5/h9,11,14H,7-8H2,1-6H3. The van der Waals surface area contributed by atoms with E-state index in [0.717, 1.165) is 6.42 Å². The Kier molecular flexibility index (Phi) is 6.91. The average Bonchev–Trinajstić information content (AvgIpc) is 2.25. The molecule has 5 nitrogen and oxygen atoms in total. The van der Waals surface area contributed by atoms with Crippen molar-refractivity contribution >= 4 is 11.9 Å². The molecule has 0 aromatic carbocycles. The minimum Gasteiger partial charge on any atom is -0.468 e. The molecule has 0 rings (SSSR count). The second kappa shape index (κ2) is 7.36. The van der Waals surface area contributed by atoms with Crippen molar-refractivity contribution in [2.75, 3.05) is 13.7 Å². The molecule has 0 bridgehead atoms. The Morgan fingerprint density at radius 2 is 1.83 bits per heavy atom. The minimum atomic E-state index is -0.518. The largest absolute Gasteiger partial charge is 0.468 e. The van der Waals surface area contributed by atoms with Gasteiger partial charge in [0.1, 0.15) is 11.6 Å². The number of rotatable bonds is 6. The van der Waals surface area contributed by atoms with Crippen molar-refractivity contribution in [3.8, 4) is 0 Å². The molecule has 0 amide bonds. The van der Waals surface area contributed by atoms with Crippen LogP contribution in [0, 0.1) is 5.92 Å². The fourth-order valence-electron chi connectivity index (χ4n) is 1.45. The number of ether oxygens (including phenoxy) is 2. The lowest BCUT2D eigenvalue weighted by Crippen LogP contribution is -2.45. The highest BCUT2D eigenvalue weighted by Gasteiger charge is 2.26. The van der Waals surface area contributed by atoms with Gasteiger partial charge in [-0.25, -0.2) is 0 Å². The van der Waals surface area contributed by atoms with Crippen LogP contribution >= 0.6 is 0 Å². The maximum absolute atomic E-state index is 11.6. The van der Waals surface area contributed by atoms with Crippen molar-refractivity contribution in [3.63, 3.8) is 0 Å². The molecule has 2 atom stereocenters. The van der Waals surface area contributed by atoms with Crippen LogP contribution in [-0.4, -0.2) is 37.2 Å². The number of hydrogen-bond acceptors (Lipinski definition) is 5. The second-order valence-electron chi connectivity index (χ2n) is 5.35. The smallest absolute Gasteiger partial charge is 0.323 e. The van der Waals surface area contributed by atoms with Gasteiger partial charge in [-0.3, -0.25) is 14.9 Å². The van der Waals surface area contributed by atoms with E-state index in [1.165, 1.54) is 7.11 Å². The summed E-state index contributed by atoms with van der Waals surface area (Å²) in [5.41, 5.74) is -0.518. The van der Waals surface area contributed by atoms with Gasteiger partial charge in [-0.1, -0.05) is 20.3 Å².